The van der Waals surface area contributed by atoms with Gasteiger partial charge in [0.25, 0.3) is 0 Å². The normalized spacial score (nSPS) is 12.0. The van der Waals surface area contributed by atoms with Crippen molar-refractivity contribution in [3.8, 4) is 0 Å². The Morgan fingerprint density at radius 1 is 0.842 bits per heavy atom. The molecule has 2 rings (SSSR count). The predicted octanol–water partition coefficient (Wildman–Crippen LogP) is 4.76. The molecule has 2 aromatic rings. The second kappa shape index (κ2) is 6.70. The molecule has 0 unspecified atom stereocenters. The molecule has 0 nitrogen and oxygen atoms in total. The molecule has 0 atom stereocenters. The van der Waals surface area contributed by atoms with E-state index in [1.54, 1.807) is 3.58 Å². The first kappa shape index (κ1) is 17.1. The van der Waals surface area contributed by atoms with Gasteiger partial charge in [0.2, 0.25) is 0 Å². The van der Waals surface area contributed by atoms with Gasteiger partial charge in [0.15, 0.2) is 0 Å². The molecule has 0 heterocycles. The van der Waals surface area contributed by atoms with Crippen LogP contribution >= 0.6 is 0 Å². The summed E-state index contributed by atoms with van der Waals surface area (Å²) in [5.74, 6) is 0. The molecular weight excluding hydrogens is 330 g/mol. The van der Waals surface area contributed by atoms with E-state index in [4.69, 9.17) is 0 Å². The topological polar surface area (TPSA) is 0 Å². The predicted molar refractivity (Wildman–Crippen MR) is 92.4 cm³/mol. The van der Waals surface area contributed by atoms with Crippen molar-refractivity contribution in [2.24, 2.45) is 0 Å². The Balaban J connectivity index is 0.000000312. The van der Waals surface area contributed by atoms with Crippen molar-refractivity contribution >= 4 is 50.4 Å². The zero-order valence-corrected chi connectivity index (χ0v) is 16.4. The first-order valence-electron chi connectivity index (χ1n) is 7.07. The molecule has 0 aromatic heterocycles. The van der Waals surface area contributed by atoms with Crippen LogP contribution in [0.15, 0.2) is 42.5 Å². The summed E-state index contributed by atoms with van der Waals surface area (Å²) in [6.07, 6.45) is 0. The number of hydrogen-bond donors (Lipinski definition) is 0. The van der Waals surface area contributed by atoms with Gasteiger partial charge >= 0.3 is 133 Å². The van der Waals surface area contributed by atoms with Gasteiger partial charge in [0.05, 0.1) is 0 Å². The zero-order valence-electron chi connectivity index (χ0n) is 13.5. The average Bonchev–Trinajstić information content (AvgIpc) is 2.25. The number of rotatable bonds is 1. The summed E-state index contributed by atoms with van der Waals surface area (Å²) in [6.45, 7) is 6.56. The third-order valence-electron chi connectivity index (χ3n) is 2.62. The van der Waals surface area contributed by atoms with E-state index in [2.05, 4.69) is 95.8 Å². The summed E-state index contributed by atoms with van der Waals surface area (Å²) >= 11 is 0.325. The number of hydrogen-bond acceptors (Lipinski definition) is 0. The molecule has 0 saturated carbocycles. The first-order valence-corrected chi connectivity index (χ1v) is 17.1. The van der Waals surface area contributed by atoms with Crippen molar-refractivity contribution in [1.29, 1.82) is 0 Å². The van der Waals surface area contributed by atoms with Gasteiger partial charge < -0.3 is 0 Å². The molecule has 19 heavy (non-hydrogen) atoms. The maximum atomic E-state index is 2.46. The zero-order chi connectivity index (χ0) is 14.7. The minimum absolute atomic E-state index is 0.500. The van der Waals surface area contributed by atoms with Gasteiger partial charge in [-0.25, -0.2) is 0 Å². The van der Waals surface area contributed by atoms with Crippen LogP contribution in [0.25, 0.3) is 10.8 Å². The van der Waals surface area contributed by atoms with Crippen LogP contribution in [0.2, 0.25) is 18.9 Å². The van der Waals surface area contributed by atoms with Crippen LogP contribution in [0.3, 0.4) is 0 Å². The Labute approximate surface area is 132 Å². The monoisotopic (exact) mass is 356 g/mol. The van der Waals surface area contributed by atoms with Gasteiger partial charge in [-0.2, -0.15) is 0 Å². The molecule has 0 aliphatic carbocycles. The molecule has 0 fully saturated rings. The van der Waals surface area contributed by atoms with Crippen molar-refractivity contribution in [3.05, 3.63) is 42.5 Å². The second-order valence-corrected chi connectivity index (χ2v) is 22.3. The van der Waals surface area contributed by atoms with E-state index in [1.807, 2.05) is 0 Å². The molecule has 2 aromatic carbocycles. The van der Waals surface area contributed by atoms with Crippen LogP contribution in [-0.4, -0.2) is 36.1 Å². The molecule has 2 heteroatoms. The summed E-state index contributed by atoms with van der Waals surface area (Å²) in [7, 11) is 0. The van der Waals surface area contributed by atoms with Crippen LogP contribution in [0.5, 0.6) is 0 Å². The van der Waals surface area contributed by atoms with E-state index in [9.17, 15) is 0 Å². The van der Waals surface area contributed by atoms with Crippen molar-refractivity contribution in [1.82, 2.24) is 0 Å². The van der Waals surface area contributed by atoms with Gasteiger partial charge in [-0.3, -0.25) is 0 Å². The Morgan fingerprint density at radius 2 is 1.32 bits per heavy atom. The molecule has 98 valence electrons. The van der Waals surface area contributed by atoms with Crippen LogP contribution in [0.4, 0.5) is 0 Å². The van der Waals surface area contributed by atoms with Crippen LogP contribution in [0, 0.1) is 0 Å². The van der Waals surface area contributed by atoms with Crippen molar-refractivity contribution in [2.75, 3.05) is 0 Å². The Bertz CT molecular complexity index is 527. The van der Waals surface area contributed by atoms with Gasteiger partial charge in [-0.1, -0.05) is 0 Å². The molecule has 0 radical (unpaired) electrons. The molecule has 0 amide bonds. The molecule has 0 aliphatic heterocycles. The van der Waals surface area contributed by atoms with E-state index in [-0.39, 0.29) is 0 Å². The summed E-state index contributed by atoms with van der Waals surface area (Å²) in [4.78, 5) is 7.37. The van der Waals surface area contributed by atoms with Crippen LogP contribution in [-0.2, 0) is 0 Å². The second-order valence-electron chi connectivity index (χ2n) is 7.81. The van der Waals surface area contributed by atoms with Gasteiger partial charge in [-0.05, 0) is 0 Å². The van der Waals surface area contributed by atoms with E-state index < -0.39 is 18.4 Å². The van der Waals surface area contributed by atoms with Crippen molar-refractivity contribution < 1.29 is 0 Å². The van der Waals surface area contributed by atoms with Crippen molar-refractivity contribution in [3.63, 3.8) is 0 Å². The van der Waals surface area contributed by atoms with E-state index >= 15 is 0 Å². The summed E-state index contributed by atoms with van der Waals surface area (Å²) in [5.41, 5.74) is 0. The molecule has 0 spiro atoms. The Morgan fingerprint density at radius 3 is 1.79 bits per heavy atom. The molecular formula is C17H25LiSn. The van der Waals surface area contributed by atoms with Crippen LogP contribution in [0.1, 0.15) is 20.8 Å². The standard InChI is InChI=1S/C10H7.C4H9.3CH3.Li.Sn/c1-2-6-10-8-4-3-7-9(10)5-1;1-4(2)3;;;;;/h1-3,5-8H;1-3H3;3*1H3;;. The number of fused-ring (bicyclic) bond motifs is 1. The SMILES string of the molecule is [CH3][Sn]([CH3])([CH3])[c]1ccc2ccccc2c1.[Li][C](C)(C)C. The Kier molecular flexibility index (Phi) is 6.05. The summed E-state index contributed by atoms with van der Waals surface area (Å²) < 4.78 is 2.11. The van der Waals surface area contributed by atoms with Gasteiger partial charge in [-0.15, -0.1) is 0 Å². The van der Waals surface area contributed by atoms with E-state index in [1.165, 1.54) is 10.8 Å². The fourth-order valence-corrected chi connectivity index (χ4v) is 5.00. The third kappa shape index (κ3) is 6.88. The third-order valence-corrected chi connectivity index (χ3v) is 8.45. The quantitative estimate of drug-likeness (QED) is 0.648. The van der Waals surface area contributed by atoms with Crippen LogP contribution < -0.4 is 3.58 Å². The van der Waals surface area contributed by atoms with Crippen molar-refractivity contribution in [2.45, 2.75) is 39.7 Å². The maximum absolute atomic E-state index is 2.46. The molecule has 0 bridgehead atoms. The molecule has 0 saturated heterocycles. The Hall–Kier alpha value is 0.0961. The average molecular weight is 355 g/mol. The minimum atomic E-state index is -1.86. The summed E-state index contributed by atoms with van der Waals surface area (Å²) in [5, 5.41) is 2.74. The van der Waals surface area contributed by atoms with Gasteiger partial charge in [0.1, 0.15) is 0 Å². The van der Waals surface area contributed by atoms with E-state index in [0.29, 0.717) is 4.09 Å². The van der Waals surface area contributed by atoms with E-state index in [0.717, 1.165) is 0 Å². The fourth-order valence-electron chi connectivity index (χ4n) is 1.66. The molecule has 0 aliphatic rings. The molecule has 0 N–H and O–H groups in total. The number of benzene rings is 2. The fraction of sp³-hybridized carbons (Fsp3) is 0.412. The van der Waals surface area contributed by atoms with Gasteiger partial charge in [0, 0.05) is 0 Å². The summed E-state index contributed by atoms with van der Waals surface area (Å²) in [6, 6.07) is 15.6. The first-order chi connectivity index (χ1) is 8.57.